The number of hydrogen-bond donors (Lipinski definition) is 2. The zero-order valence-corrected chi connectivity index (χ0v) is 19.1. The Bertz CT molecular complexity index is 569. The number of hydrogen-bond acceptors (Lipinski definition) is 3. The summed E-state index contributed by atoms with van der Waals surface area (Å²) < 4.78 is 5.65. The van der Waals surface area contributed by atoms with Crippen LogP contribution in [0.1, 0.15) is 51.1 Å². The summed E-state index contributed by atoms with van der Waals surface area (Å²) in [5.74, 6) is 1.07. The van der Waals surface area contributed by atoms with Crippen LogP contribution in [0.2, 0.25) is 0 Å². The van der Waals surface area contributed by atoms with Crippen LogP contribution in [0.4, 0.5) is 0 Å². The number of aliphatic imine (C=N–C) groups is 1. The fourth-order valence-electron chi connectivity index (χ4n) is 3.98. The smallest absolute Gasteiger partial charge is 0.193 e. The molecule has 0 saturated carbocycles. The molecule has 6 heteroatoms. The van der Waals surface area contributed by atoms with E-state index in [2.05, 4.69) is 59.7 Å². The van der Waals surface area contributed by atoms with Crippen LogP contribution in [0.15, 0.2) is 35.3 Å². The molecule has 2 N–H and O–H groups in total. The van der Waals surface area contributed by atoms with Gasteiger partial charge in [-0.1, -0.05) is 30.3 Å². The van der Waals surface area contributed by atoms with Crippen molar-refractivity contribution in [3.63, 3.8) is 0 Å². The Kier molecular flexibility index (Phi) is 9.32. The predicted octanol–water partition coefficient (Wildman–Crippen LogP) is 3.57. The molecular weight excluding hydrogens is 451 g/mol. The number of benzene rings is 1. The third kappa shape index (κ3) is 6.32. The van der Waals surface area contributed by atoms with Gasteiger partial charge in [0.1, 0.15) is 0 Å². The van der Waals surface area contributed by atoms with E-state index in [1.165, 1.54) is 18.4 Å². The molecule has 0 bridgehead atoms. The molecule has 2 aliphatic heterocycles. The van der Waals surface area contributed by atoms with Crippen molar-refractivity contribution in [1.82, 2.24) is 15.5 Å². The molecule has 0 aliphatic carbocycles. The van der Waals surface area contributed by atoms with Crippen molar-refractivity contribution >= 4 is 29.9 Å². The van der Waals surface area contributed by atoms with Gasteiger partial charge in [-0.3, -0.25) is 4.99 Å². The van der Waals surface area contributed by atoms with Crippen LogP contribution in [0.25, 0.3) is 0 Å². The van der Waals surface area contributed by atoms with Crippen molar-refractivity contribution in [3.8, 4) is 0 Å². The second kappa shape index (κ2) is 11.2. The molecule has 152 valence electrons. The summed E-state index contributed by atoms with van der Waals surface area (Å²) in [6.07, 6.45) is 4.56. The largest absolute Gasteiger partial charge is 0.381 e. The van der Waals surface area contributed by atoms with E-state index in [-0.39, 0.29) is 29.5 Å². The fraction of sp³-hybridized carbons (Fsp3) is 0.667. The van der Waals surface area contributed by atoms with E-state index in [1.54, 1.807) is 0 Å². The first kappa shape index (κ1) is 22.4. The Balaban J connectivity index is 0.00000261. The van der Waals surface area contributed by atoms with Gasteiger partial charge >= 0.3 is 0 Å². The summed E-state index contributed by atoms with van der Waals surface area (Å²) >= 11 is 0. The number of ether oxygens (including phenoxy) is 1. The van der Waals surface area contributed by atoms with Gasteiger partial charge in [0.25, 0.3) is 0 Å². The second-order valence-electron chi connectivity index (χ2n) is 7.53. The molecule has 0 aromatic heterocycles. The molecule has 1 unspecified atom stereocenters. The van der Waals surface area contributed by atoms with Crippen LogP contribution >= 0.6 is 24.0 Å². The molecular formula is C21H35IN4O. The molecule has 1 aromatic rings. The van der Waals surface area contributed by atoms with Crippen molar-refractivity contribution in [2.45, 2.75) is 51.1 Å². The van der Waals surface area contributed by atoms with Gasteiger partial charge in [0.2, 0.25) is 0 Å². The maximum absolute atomic E-state index is 5.65. The van der Waals surface area contributed by atoms with Gasteiger partial charge in [0.15, 0.2) is 5.96 Å². The van der Waals surface area contributed by atoms with Crippen LogP contribution in [0, 0.1) is 0 Å². The molecule has 1 atom stereocenters. The topological polar surface area (TPSA) is 48.9 Å². The second-order valence-corrected chi connectivity index (χ2v) is 7.53. The first-order chi connectivity index (χ1) is 12.7. The van der Waals surface area contributed by atoms with Gasteiger partial charge in [-0.25, -0.2) is 0 Å². The maximum atomic E-state index is 5.65. The molecule has 2 heterocycles. The highest BCUT2D eigenvalue weighted by atomic mass is 127. The van der Waals surface area contributed by atoms with Gasteiger partial charge in [-0.05, 0) is 45.1 Å². The Morgan fingerprint density at radius 3 is 2.48 bits per heavy atom. The SMILES string of the molecule is CCNC(=NCC1(NC(C)c2ccccc2)CCOCC1)N1CCCC1.I. The van der Waals surface area contributed by atoms with E-state index in [0.29, 0.717) is 6.04 Å². The first-order valence-electron chi connectivity index (χ1n) is 10.2. The van der Waals surface area contributed by atoms with Gasteiger partial charge in [-0.2, -0.15) is 0 Å². The number of halogens is 1. The number of guanidine groups is 1. The minimum absolute atomic E-state index is 0. The molecule has 0 spiro atoms. The van der Waals surface area contributed by atoms with Crippen LogP contribution in [0.5, 0.6) is 0 Å². The Labute approximate surface area is 181 Å². The molecule has 5 nitrogen and oxygen atoms in total. The third-order valence-corrected chi connectivity index (χ3v) is 5.54. The van der Waals surface area contributed by atoms with Crippen LogP contribution in [-0.2, 0) is 4.74 Å². The van der Waals surface area contributed by atoms with Crippen LogP contribution in [0.3, 0.4) is 0 Å². The highest BCUT2D eigenvalue weighted by molar-refractivity contribution is 14.0. The van der Waals surface area contributed by atoms with Crippen molar-refractivity contribution < 1.29 is 4.74 Å². The van der Waals surface area contributed by atoms with E-state index < -0.39 is 0 Å². The number of nitrogens with zero attached hydrogens (tertiary/aromatic N) is 2. The number of rotatable bonds is 6. The fourth-order valence-corrected chi connectivity index (χ4v) is 3.98. The van der Waals surface area contributed by atoms with Crippen LogP contribution < -0.4 is 10.6 Å². The minimum Gasteiger partial charge on any atom is -0.381 e. The Morgan fingerprint density at radius 2 is 1.85 bits per heavy atom. The summed E-state index contributed by atoms with van der Waals surface area (Å²) in [6.45, 7) is 9.97. The van der Waals surface area contributed by atoms with E-state index >= 15 is 0 Å². The summed E-state index contributed by atoms with van der Waals surface area (Å²) in [5.41, 5.74) is 1.34. The highest BCUT2D eigenvalue weighted by Crippen LogP contribution is 2.26. The van der Waals surface area contributed by atoms with Crippen molar-refractivity contribution in [1.29, 1.82) is 0 Å². The lowest BCUT2D eigenvalue weighted by atomic mass is 9.88. The number of nitrogens with one attached hydrogen (secondary N) is 2. The lowest BCUT2D eigenvalue weighted by Gasteiger charge is -2.39. The predicted molar refractivity (Wildman–Crippen MR) is 123 cm³/mol. The van der Waals surface area contributed by atoms with Gasteiger partial charge in [-0.15, -0.1) is 24.0 Å². The minimum atomic E-state index is 0. The lowest BCUT2D eigenvalue weighted by Crippen LogP contribution is -2.53. The van der Waals surface area contributed by atoms with Gasteiger partial charge in [0.05, 0.1) is 6.54 Å². The Hall–Kier alpha value is -0.860. The molecule has 2 aliphatic rings. The van der Waals surface area contributed by atoms with E-state index in [1.807, 2.05) is 0 Å². The molecule has 2 saturated heterocycles. The monoisotopic (exact) mass is 486 g/mol. The number of likely N-dealkylation sites (tertiary alicyclic amines) is 1. The molecule has 2 fully saturated rings. The molecule has 0 amide bonds. The highest BCUT2D eigenvalue weighted by Gasteiger charge is 2.34. The van der Waals surface area contributed by atoms with E-state index in [4.69, 9.17) is 9.73 Å². The normalized spacial score (nSPS) is 20.8. The molecule has 27 heavy (non-hydrogen) atoms. The lowest BCUT2D eigenvalue weighted by molar-refractivity contribution is 0.0373. The first-order valence-corrected chi connectivity index (χ1v) is 10.2. The average molecular weight is 486 g/mol. The summed E-state index contributed by atoms with van der Waals surface area (Å²) in [4.78, 5) is 7.45. The molecule has 1 aromatic carbocycles. The molecule has 0 radical (unpaired) electrons. The van der Waals surface area contributed by atoms with E-state index in [9.17, 15) is 0 Å². The summed E-state index contributed by atoms with van der Waals surface area (Å²) in [5, 5.41) is 7.39. The van der Waals surface area contributed by atoms with Crippen molar-refractivity contribution in [2.75, 3.05) is 39.4 Å². The van der Waals surface area contributed by atoms with Crippen LogP contribution in [-0.4, -0.2) is 55.8 Å². The standard InChI is InChI=1S/C21H34N4O.HI/c1-3-22-20(25-13-7-8-14-25)23-17-21(11-15-26-16-12-21)24-18(2)19-9-5-4-6-10-19;/h4-6,9-10,18,24H,3,7-8,11-17H2,1-2H3,(H,22,23);1H. The van der Waals surface area contributed by atoms with Gasteiger partial charge < -0.3 is 20.3 Å². The third-order valence-electron chi connectivity index (χ3n) is 5.54. The summed E-state index contributed by atoms with van der Waals surface area (Å²) in [6, 6.07) is 11.0. The average Bonchev–Trinajstić information content (AvgIpc) is 3.21. The Morgan fingerprint density at radius 1 is 1.19 bits per heavy atom. The zero-order valence-electron chi connectivity index (χ0n) is 16.7. The van der Waals surface area contributed by atoms with Crippen molar-refractivity contribution in [3.05, 3.63) is 35.9 Å². The van der Waals surface area contributed by atoms with E-state index in [0.717, 1.165) is 58.2 Å². The summed E-state index contributed by atoms with van der Waals surface area (Å²) in [7, 11) is 0. The molecule has 3 rings (SSSR count). The quantitative estimate of drug-likeness (QED) is 0.367. The maximum Gasteiger partial charge on any atom is 0.193 e. The van der Waals surface area contributed by atoms with Crippen molar-refractivity contribution in [2.24, 2.45) is 4.99 Å². The zero-order chi connectivity index (χ0) is 18.2. The van der Waals surface area contributed by atoms with Gasteiger partial charge in [0, 0.05) is 44.4 Å².